The van der Waals surface area contributed by atoms with Crippen LogP contribution in [0.3, 0.4) is 0 Å². The summed E-state index contributed by atoms with van der Waals surface area (Å²) in [6, 6.07) is 0. The summed E-state index contributed by atoms with van der Waals surface area (Å²) in [6.45, 7) is 0.828. The predicted molar refractivity (Wildman–Crippen MR) is 68.2 cm³/mol. The van der Waals surface area contributed by atoms with E-state index in [0.717, 1.165) is 32.1 Å². The van der Waals surface area contributed by atoms with Gasteiger partial charge in [0.05, 0.1) is 0 Å². The smallest absolute Gasteiger partial charge is 0.407 e. The van der Waals surface area contributed by atoms with Gasteiger partial charge in [0.2, 0.25) is 0 Å². The number of carbonyl (C=O) groups is 1. The van der Waals surface area contributed by atoms with Crippen LogP contribution in [-0.4, -0.2) is 24.9 Å². The fourth-order valence-electron chi connectivity index (χ4n) is 3.82. The number of carbonyl (C=O) groups excluding carboxylic acids is 1. The molecule has 3 nitrogen and oxygen atoms in total. The first-order valence-corrected chi connectivity index (χ1v) is 7.38. The largest absolute Gasteiger partial charge is 0.446 e. The van der Waals surface area contributed by atoms with Gasteiger partial charge in [-0.15, -0.1) is 0 Å². The van der Waals surface area contributed by atoms with Crippen molar-refractivity contribution in [1.29, 1.82) is 0 Å². The Bertz CT molecular complexity index is 344. The zero-order valence-corrected chi connectivity index (χ0v) is 11.7. The van der Waals surface area contributed by atoms with Crippen LogP contribution in [0.15, 0.2) is 0 Å². The Balaban J connectivity index is 1.88. The number of alkyl halides is 3. The van der Waals surface area contributed by atoms with E-state index in [0.29, 0.717) is 17.8 Å². The molecule has 0 spiro atoms. The third-order valence-corrected chi connectivity index (χ3v) is 4.62. The second-order valence-electron chi connectivity index (χ2n) is 6.09. The highest BCUT2D eigenvalue weighted by molar-refractivity contribution is 5.67. The number of hydrogen-bond acceptors (Lipinski definition) is 2. The lowest BCUT2D eigenvalue weighted by Gasteiger charge is -2.44. The molecule has 0 aromatic heterocycles. The van der Waals surface area contributed by atoms with Crippen molar-refractivity contribution < 1.29 is 22.7 Å². The Morgan fingerprint density at radius 3 is 2.50 bits per heavy atom. The molecule has 2 fully saturated rings. The zero-order chi connectivity index (χ0) is 14.8. The Labute approximate surface area is 117 Å². The van der Waals surface area contributed by atoms with Gasteiger partial charge in [-0.25, -0.2) is 4.79 Å². The van der Waals surface area contributed by atoms with Crippen LogP contribution in [0.1, 0.15) is 45.4 Å². The highest BCUT2D eigenvalue weighted by Gasteiger charge is 2.41. The molecule has 0 bridgehead atoms. The van der Waals surface area contributed by atoms with Gasteiger partial charge in [0, 0.05) is 5.92 Å². The molecule has 0 aromatic rings. The van der Waals surface area contributed by atoms with Crippen molar-refractivity contribution in [3.63, 3.8) is 0 Å². The molecule has 0 radical (unpaired) electrons. The monoisotopic (exact) mass is 293 g/mol. The molecule has 6 heteroatoms. The van der Waals surface area contributed by atoms with Crippen molar-refractivity contribution in [1.82, 2.24) is 5.32 Å². The molecule has 4 atom stereocenters. The van der Waals surface area contributed by atoms with Crippen molar-refractivity contribution in [3.8, 4) is 0 Å². The lowest BCUT2D eigenvalue weighted by molar-refractivity contribution is -0.125. The third-order valence-electron chi connectivity index (χ3n) is 4.62. The first-order chi connectivity index (χ1) is 9.37. The van der Waals surface area contributed by atoms with E-state index in [9.17, 15) is 18.0 Å². The number of ether oxygens (including phenoxy) is 1. The van der Waals surface area contributed by atoms with Gasteiger partial charge < -0.3 is 10.1 Å². The summed E-state index contributed by atoms with van der Waals surface area (Å²) in [4.78, 5) is 11.5. The van der Waals surface area contributed by atoms with Crippen LogP contribution in [-0.2, 0) is 4.74 Å². The molecule has 2 rings (SSSR count). The summed E-state index contributed by atoms with van der Waals surface area (Å²) in [5.74, 6) is 1.36. The lowest BCUT2D eigenvalue weighted by Crippen LogP contribution is -2.44. The summed E-state index contributed by atoms with van der Waals surface area (Å²) in [6.07, 6.45) is 0.823. The quantitative estimate of drug-likeness (QED) is 0.839. The van der Waals surface area contributed by atoms with Gasteiger partial charge in [0.15, 0.2) is 0 Å². The molecule has 0 heterocycles. The maximum atomic E-state index is 12.1. The summed E-state index contributed by atoms with van der Waals surface area (Å²) in [7, 11) is 0. The van der Waals surface area contributed by atoms with E-state index in [1.54, 1.807) is 5.32 Å². The molecule has 1 N–H and O–H groups in total. The molecule has 116 valence electrons. The minimum Gasteiger partial charge on any atom is -0.446 e. The molecule has 0 aliphatic heterocycles. The average molecular weight is 293 g/mol. The number of fused-ring (bicyclic) bond motifs is 1. The number of rotatable bonds is 2. The van der Waals surface area contributed by atoms with Gasteiger partial charge in [0.25, 0.3) is 0 Å². The van der Waals surface area contributed by atoms with Crippen molar-refractivity contribution in [3.05, 3.63) is 0 Å². The number of alkyl carbamates (subject to hydrolysis) is 1. The van der Waals surface area contributed by atoms with E-state index in [2.05, 4.69) is 6.92 Å². The molecule has 2 aliphatic rings. The Morgan fingerprint density at radius 2 is 1.85 bits per heavy atom. The number of halogens is 3. The standard InChI is InChI=1S/C14H22F3NO2/c1-9-4-2-5-10-6-3-7-11(12(9)10)20-13(19)18-8-14(15,16)17/h9-12H,2-8H2,1H3,(H,18,19). The number of amides is 1. The fourth-order valence-corrected chi connectivity index (χ4v) is 3.82. The van der Waals surface area contributed by atoms with Gasteiger partial charge in [-0.2, -0.15) is 13.2 Å². The molecule has 0 aromatic carbocycles. The van der Waals surface area contributed by atoms with Crippen LogP contribution in [0.5, 0.6) is 0 Å². The van der Waals surface area contributed by atoms with Crippen molar-refractivity contribution >= 4 is 6.09 Å². The summed E-state index contributed by atoms with van der Waals surface area (Å²) in [5, 5.41) is 1.79. The van der Waals surface area contributed by atoms with E-state index in [4.69, 9.17) is 4.74 Å². The topological polar surface area (TPSA) is 38.3 Å². The molecular formula is C14H22F3NO2. The predicted octanol–water partition coefficient (Wildman–Crippen LogP) is 3.88. The second kappa shape index (κ2) is 6.22. The summed E-state index contributed by atoms with van der Waals surface area (Å²) in [5.41, 5.74) is 0. The van der Waals surface area contributed by atoms with Crippen LogP contribution in [0.4, 0.5) is 18.0 Å². The Hall–Kier alpha value is -0.940. The van der Waals surface area contributed by atoms with Crippen LogP contribution in [0, 0.1) is 17.8 Å². The van der Waals surface area contributed by atoms with Crippen molar-refractivity contribution in [2.24, 2.45) is 17.8 Å². The van der Waals surface area contributed by atoms with Gasteiger partial charge in [-0.3, -0.25) is 0 Å². The van der Waals surface area contributed by atoms with Gasteiger partial charge in [-0.1, -0.05) is 26.2 Å². The Morgan fingerprint density at radius 1 is 1.20 bits per heavy atom. The first kappa shape index (κ1) is 15.4. The summed E-state index contributed by atoms with van der Waals surface area (Å²) < 4.78 is 41.4. The van der Waals surface area contributed by atoms with Crippen LogP contribution >= 0.6 is 0 Å². The molecule has 2 aliphatic carbocycles. The van der Waals surface area contributed by atoms with Crippen LogP contribution in [0.25, 0.3) is 0 Å². The molecule has 1 amide bonds. The number of nitrogens with one attached hydrogen (secondary N) is 1. The van der Waals surface area contributed by atoms with Gasteiger partial charge in [-0.05, 0) is 31.1 Å². The van der Waals surface area contributed by atoms with Crippen LogP contribution in [0.2, 0.25) is 0 Å². The van der Waals surface area contributed by atoms with E-state index in [-0.39, 0.29) is 6.10 Å². The van der Waals surface area contributed by atoms with E-state index >= 15 is 0 Å². The highest BCUT2D eigenvalue weighted by atomic mass is 19.4. The molecule has 2 saturated carbocycles. The fraction of sp³-hybridized carbons (Fsp3) is 0.929. The molecule has 4 unspecified atom stereocenters. The van der Waals surface area contributed by atoms with Crippen molar-refractivity contribution in [2.75, 3.05) is 6.54 Å². The van der Waals surface area contributed by atoms with Gasteiger partial charge in [0.1, 0.15) is 12.6 Å². The van der Waals surface area contributed by atoms with E-state index in [1.165, 1.54) is 6.42 Å². The van der Waals surface area contributed by atoms with E-state index < -0.39 is 18.8 Å². The average Bonchev–Trinajstić information content (AvgIpc) is 2.36. The Kier molecular flexibility index (Phi) is 4.81. The normalized spacial score (nSPS) is 34.2. The molecule has 20 heavy (non-hydrogen) atoms. The maximum Gasteiger partial charge on any atom is 0.407 e. The van der Waals surface area contributed by atoms with Crippen molar-refractivity contribution in [2.45, 2.75) is 57.7 Å². The molecular weight excluding hydrogens is 271 g/mol. The van der Waals surface area contributed by atoms with Gasteiger partial charge >= 0.3 is 12.3 Å². The SMILES string of the molecule is CC1CCCC2CCCC(OC(=O)NCC(F)(F)F)C12. The maximum absolute atomic E-state index is 12.1. The van der Waals surface area contributed by atoms with Crippen LogP contribution < -0.4 is 5.32 Å². The second-order valence-corrected chi connectivity index (χ2v) is 6.09. The third kappa shape index (κ3) is 4.03. The highest BCUT2D eigenvalue weighted by Crippen LogP contribution is 2.44. The van der Waals surface area contributed by atoms with E-state index in [1.807, 2.05) is 0 Å². The molecule has 0 saturated heterocycles. The minimum absolute atomic E-state index is 0.225. The first-order valence-electron chi connectivity index (χ1n) is 7.38. The number of hydrogen-bond donors (Lipinski definition) is 1. The summed E-state index contributed by atoms with van der Waals surface area (Å²) >= 11 is 0. The lowest BCUT2D eigenvalue weighted by atomic mass is 9.65. The minimum atomic E-state index is -4.40. The zero-order valence-electron chi connectivity index (χ0n) is 11.7.